The van der Waals surface area contributed by atoms with Gasteiger partial charge in [-0.2, -0.15) is 0 Å². The Kier molecular flexibility index (Phi) is 4.04. The van der Waals surface area contributed by atoms with E-state index in [0.717, 1.165) is 10.9 Å². The summed E-state index contributed by atoms with van der Waals surface area (Å²) in [4.78, 5) is 23.1. The summed E-state index contributed by atoms with van der Waals surface area (Å²) >= 11 is 6.00. The van der Waals surface area contributed by atoms with E-state index in [1.165, 1.54) is 12.1 Å². The first kappa shape index (κ1) is 15.1. The van der Waals surface area contributed by atoms with E-state index in [4.69, 9.17) is 20.8 Å². The third kappa shape index (κ3) is 3.52. The van der Waals surface area contributed by atoms with E-state index in [9.17, 15) is 9.59 Å². The lowest BCUT2D eigenvalue weighted by Gasteiger charge is -2.08. The zero-order chi connectivity index (χ0) is 16.4. The van der Waals surface area contributed by atoms with E-state index >= 15 is 0 Å². The molecule has 1 aromatic heterocycles. The molecule has 1 amide bonds. The highest BCUT2D eigenvalue weighted by Crippen LogP contribution is 2.22. The molecule has 0 radical (unpaired) electrons. The summed E-state index contributed by atoms with van der Waals surface area (Å²) in [5, 5.41) is 3.87. The van der Waals surface area contributed by atoms with Crippen LogP contribution in [0.5, 0.6) is 5.75 Å². The fourth-order valence-electron chi connectivity index (χ4n) is 2.03. The van der Waals surface area contributed by atoms with Gasteiger partial charge in [-0.3, -0.25) is 5.32 Å². The molecular formula is C17H12ClNO4. The first-order valence-corrected chi connectivity index (χ1v) is 7.18. The molecule has 116 valence electrons. The van der Waals surface area contributed by atoms with E-state index in [-0.39, 0.29) is 5.75 Å². The first-order valence-electron chi connectivity index (χ1n) is 6.80. The number of nitrogens with one attached hydrogen (secondary N) is 1. The predicted molar refractivity (Wildman–Crippen MR) is 88.3 cm³/mol. The quantitative estimate of drug-likeness (QED) is 0.709. The van der Waals surface area contributed by atoms with Crippen molar-refractivity contribution in [1.29, 1.82) is 0 Å². The molecule has 1 N–H and O–H groups in total. The lowest BCUT2D eigenvalue weighted by molar-refractivity contribution is 0.215. The summed E-state index contributed by atoms with van der Waals surface area (Å²) in [6.45, 7) is 1.87. The molecule has 0 atom stereocenters. The Balaban J connectivity index is 1.76. The SMILES string of the molecule is Cc1ccc(NC(=O)Oc2ccc3ccc(=O)oc3c2)cc1Cl. The van der Waals surface area contributed by atoms with Crippen molar-refractivity contribution in [3.63, 3.8) is 0 Å². The molecule has 0 unspecified atom stereocenters. The molecule has 0 fully saturated rings. The number of benzene rings is 2. The maximum atomic E-state index is 11.9. The average molecular weight is 330 g/mol. The lowest BCUT2D eigenvalue weighted by Crippen LogP contribution is -2.16. The number of halogens is 1. The van der Waals surface area contributed by atoms with Crippen LogP contribution in [0.4, 0.5) is 10.5 Å². The predicted octanol–water partition coefficient (Wildman–Crippen LogP) is 4.37. The van der Waals surface area contributed by atoms with Gasteiger partial charge in [-0.15, -0.1) is 0 Å². The highest BCUT2D eigenvalue weighted by atomic mass is 35.5. The molecule has 5 nitrogen and oxygen atoms in total. The van der Waals surface area contributed by atoms with Crippen molar-refractivity contribution in [2.24, 2.45) is 0 Å². The molecule has 23 heavy (non-hydrogen) atoms. The minimum atomic E-state index is -0.664. The Morgan fingerprint density at radius 2 is 1.91 bits per heavy atom. The number of anilines is 1. The Hall–Kier alpha value is -2.79. The van der Waals surface area contributed by atoms with Gasteiger partial charge < -0.3 is 9.15 Å². The molecule has 0 saturated heterocycles. The lowest BCUT2D eigenvalue weighted by atomic mass is 10.2. The van der Waals surface area contributed by atoms with Crippen molar-refractivity contribution in [1.82, 2.24) is 0 Å². The number of aryl methyl sites for hydroxylation is 1. The highest BCUT2D eigenvalue weighted by molar-refractivity contribution is 6.31. The van der Waals surface area contributed by atoms with Gasteiger partial charge in [0, 0.05) is 28.2 Å². The third-order valence-electron chi connectivity index (χ3n) is 3.22. The van der Waals surface area contributed by atoms with Crippen LogP contribution in [0.1, 0.15) is 5.56 Å². The molecule has 6 heteroatoms. The number of rotatable bonds is 2. The molecule has 3 aromatic rings. The van der Waals surface area contributed by atoms with Gasteiger partial charge >= 0.3 is 11.7 Å². The summed E-state index contributed by atoms with van der Waals surface area (Å²) < 4.78 is 10.2. The average Bonchev–Trinajstić information content (AvgIpc) is 2.50. The van der Waals surface area contributed by atoms with E-state index in [1.807, 2.05) is 6.92 Å². The van der Waals surface area contributed by atoms with Gasteiger partial charge in [0.1, 0.15) is 11.3 Å². The zero-order valence-corrected chi connectivity index (χ0v) is 12.9. The number of carbonyl (C=O) groups is 1. The van der Waals surface area contributed by atoms with E-state index in [0.29, 0.717) is 16.3 Å². The van der Waals surface area contributed by atoms with Gasteiger partial charge in [0.05, 0.1) is 0 Å². The number of hydrogen-bond acceptors (Lipinski definition) is 4. The van der Waals surface area contributed by atoms with Crippen LogP contribution < -0.4 is 15.7 Å². The fraction of sp³-hybridized carbons (Fsp3) is 0.0588. The standard InChI is InChI=1S/C17H12ClNO4/c1-10-2-5-12(8-14(10)18)19-17(21)22-13-6-3-11-4-7-16(20)23-15(11)9-13/h2-9H,1H3,(H,19,21). The van der Waals surface area contributed by atoms with Gasteiger partial charge in [0.15, 0.2) is 0 Å². The number of carbonyl (C=O) groups excluding carboxylic acids is 1. The highest BCUT2D eigenvalue weighted by Gasteiger charge is 2.08. The van der Waals surface area contributed by atoms with E-state index in [2.05, 4.69) is 5.32 Å². The second-order valence-electron chi connectivity index (χ2n) is 4.93. The number of amides is 1. The normalized spacial score (nSPS) is 10.5. The maximum absolute atomic E-state index is 11.9. The summed E-state index contributed by atoms with van der Waals surface area (Å²) in [5.41, 5.74) is 1.32. The molecular weight excluding hydrogens is 318 g/mol. The number of ether oxygens (including phenoxy) is 1. The largest absolute Gasteiger partial charge is 0.423 e. The molecule has 3 rings (SSSR count). The van der Waals surface area contributed by atoms with Gasteiger partial charge in [0.25, 0.3) is 0 Å². The molecule has 2 aromatic carbocycles. The minimum absolute atomic E-state index is 0.266. The zero-order valence-electron chi connectivity index (χ0n) is 12.1. The Bertz CT molecular complexity index is 949. The first-order chi connectivity index (χ1) is 11.0. The van der Waals surface area contributed by atoms with Crippen molar-refractivity contribution < 1.29 is 13.9 Å². The van der Waals surface area contributed by atoms with Crippen LogP contribution in [-0.4, -0.2) is 6.09 Å². The second-order valence-corrected chi connectivity index (χ2v) is 5.34. The van der Waals surface area contributed by atoms with Gasteiger partial charge in [-0.1, -0.05) is 17.7 Å². The molecule has 0 spiro atoms. The van der Waals surface area contributed by atoms with Gasteiger partial charge in [0.2, 0.25) is 0 Å². The van der Waals surface area contributed by atoms with Crippen molar-refractivity contribution >= 4 is 34.4 Å². The molecule has 0 aliphatic carbocycles. The molecule has 0 bridgehead atoms. The number of hydrogen-bond donors (Lipinski definition) is 1. The Labute approximate surface area is 136 Å². The maximum Gasteiger partial charge on any atom is 0.417 e. The molecule has 0 aliphatic heterocycles. The summed E-state index contributed by atoms with van der Waals surface area (Å²) in [6, 6.07) is 12.9. The van der Waals surface area contributed by atoms with Gasteiger partial charge in [-0.05, 0) is 42.8 Å². The monoisotopic (exact) mass is 329 g/mol. The third-order valence-corrected chi connectivity index (χ3v) is 3.63. The summed E-state index contributed by atoms with van der Waals surface area (Å²) in [7, 11) is 0. The van der Waals surface area contributed by atoms with Crippen LogP contribution in [0.25, 0.3) is 11.0 Å². The topological polar surface area (TPSA) is 68.5 Å². The number of fused-ring (bicyclic) bond motifs is 1. The van der Waals surface area contributed by atoms with E-state index < -0.39 is 11.7 Å². The van der Waals surface area contributed by atoms with Crippen LogP contribution in [0.2, 0.25) is 5.02 Å². The van der Waals surface area contributed by atoms with Crippen LogP contribution in [0, 0.1) is 6.92 Å². The second kappa shape index (κ2) is 6.14. The summed E-state index contributed by atoms with van der Waals surface area (Å²) in [5.74, 6) is 0.266. The molecule has 1 heterocycles. The van der Waals surface area contributed by atoms with Crippen LogP contribution in [0.15, 0.2) is 57.7 Å². The van der Waals surface area contributed by atoms with Crippen molar-refractivity contribution in [3.05, 3.63) is 69.5 Å². The van der Waals surface area contributed by atoms with Crippen molar-refractivity contribution in [2.45, 2.75) is 6.92 Å². The van der Waals surface area contributed by atoms with Crippen LogP contribution in [0.3, 0.4) is 0 Å². The fourth-order valence-corrected chi connectivity index (χ4v) is 2.21. The molecule has 0 aliphatic rings. The van der Waals surface area contributed by atoms with E-state index in [1.54, 1.807) is 36.4 Å². The van der Waals surface area contributed by atoms with Crippen LogP contribution >= 0.6 is 11.6 Å². The minimum Gasteiger partial charge on any atom is -0.423 e. The summed E-state index contributed by atoms with van der Waals surface area (Å²) in [6.07, 6.45) is -0.664. The van der Waals surface area contributed by atoms with Crippen LogP contribution in [-0.2, 0) is 0 Å². The Morgan fingerprint density at radius 3 is 2.70 bits per heavy atom. The van der Waals surface area contributed by atoms with Crippen molar-refractivity contribution in [2.75, 3.05) is 5.32 Å². The van der Waals surface area contributed by atoms with Crippen molar-refractivity contribution in [3.8, 4) is 5.75 Å². The van der Waals surface area contributed by atoms with Gasteiger partial charge in [-0.25, -0.2) is 9.59 Å². The molecule has 0 saturated carbocycles. The smallest absolute Gasteiger partial charge is 0.417 e. The Morgan fingerprint density at radius 1 is 1.13 bits per heavy atom.